The van der Waals surface area contributed by atoms with Crippen LogP contribution in [0.3, 0.4) is 0 Å². The highest BCUT2D eigenvalue weighted by molar-refractivity contribution is 5.68. The minimum atomic E-state index is -1.03. The Morgan fingerprint density at radius 3 is 3.23 bits per heavy atom. The van der Waals surface area contributed by atoms with Crippen molar-refractivity contribution in [3.05, 3.63) is 12.4 Å². The number of hydrogen-bond acceptors (Lipinski definition) is 4. The predicted molar refractivity (Wildman–Crippen MR) is 45.1 cm³/mol. The van der Waals surface area contributed by atoms with E-state index in [-0.39, 0.29) is 0 Å². The van der Waals surface area contributed by atoms with Gasteiger partial charge in [0.15, 0.2) is 6.61 Å². The van der Waals surface area contributed by atoms with Crippen LogP contribution in [0.5, 0.6) is 0 Å². The second-order valence-electron chi connectivity index (χ2n) is 2.32. The molecule has 0 amide bonds. The first-order chi connectivity index (χ1) is 6.24. The molecule has 13 heavy (non-hydrogen) atoms. The van der Waals surface area contributed by atoms with Crippen molar-refractivity contribution in [1.29, 1.82) is 0 Å². The number of imidazole rings is 1. The largest absolute Gasteiger partial charge is 0.479 e. The molecule has 0 aliphatic rings. The van der Waals surface area contributed by atoms with Crippen molar-refractivity contribution in [2.45, 2.75) is 13.5 Å². The molecule has 0 saturated heterocycles. The summed E-state index contributed by atoms with van der Waals surface area (Å²) in [6.07, 6.45) is 3.38. The first-order valence-corrected chi connectivity index (χ1v) is 3.84. The van der Waals surface area contributed by atoms with E-state index < -0.39 is 12.6 Å². The van der Waals surface area contributed by atoms with Crippen molar-refractivity contribution in [3.8, 4) is 0 Å². The Hall–Kier alpha value is -1.56. The Bertz CT molecular complexity index is 284. The number of carboxylic acid groups (broad SMARTS) is 1. The maximum atomic E-state index is 10.1. The standard InChI is InChI=1S/C7H11N3O3/c1-2-10-4-3-8-7(10)9-13-5-6(11)12/h3-4H,2,5H2,1H3,(H,8,9)(H,11,12). The molecule has 0 bridgehead atoms. The molecule has 1 aromatic heterocycles. The summed E-state index contributed by atoms with van der Waals surface area (Å²) in [5.74, 6) is -0.522. The van der Waals surface area contributed by atoms with E-state index in [2.05, 4.69) is 15.3 Å². The summed E-state index contributed by atoms with van der Waals surface area (Å²) in [5, 5.41) is 8.28. The summed E-state index contributed by atoms with van der Waals surface area (Å²) in [7, 11) is 0. The molecule has 0 spiro atoms. The van der Waals surface area contributed by atoms with Gasteiger partial charge in [0.1, 0.15) is 0 Å². The third kappa shape index (κ3) is 2.75. The number of nitrogens with zero attached hydrogens (tertiary/aromatic N) is 2. The number of anilines is 1. The highest BCUT2D eigenvalue weighted by Gasteiger charge is 2.01. The zero-order valence-corrected chi connectivity index (χ0v) is 7.23. The number of nitrogens with one attached hydrogen (secondary N) is 1. The highest BCUT2D eigenvalue weighted by atomic mass is 16.7. The van der Waals surface area contributed by atoms with Crippen molar-refractivity contribution in [3.63, 3.8) is 0 Å². The fourth-order valence-electron chi connectivity index (χ4n) is 0.832. The predicted octanol–water partition coefficient (Wildman–Crippen LogP) is 0.331. The van der Waals surface area contributed by atoms with Crippen LogP contribution in [0.15, 0.2) is 12.4 Å². The number of carbonyl (C=O) groups is 1. The Morgan fingerprint density at radius 2 is 2.62 bits per heavy atom. The SMILES string of the molecule is CCn1ccnc1NOCC(=O)O. The van der Waals surface area contributed by atoms with Crippen LogP contribution in [0.25, 0.3) is 0 Å². The first-order valence-electron chi connectivity index (χ1n) is 3.84. The number of hydrogen-bond donors (Lipinski definition) is 2. The van der Waals surface area contributed by atoms with Gasteiger partial charge in [-0.1, -0.05) is 0 Å². The molecule has 0 fully saturated rings. The van der Waals surface area contributed by atoms with Crippen LogP contribution in [0.1, 0.15) is 6.92 Å². The van der Waals surface area contributed by atoms with E-state index in [0.29, 0.717) is 5.95 Å². The van der Waals surface area contributed by atoms with Gasteiger partial charge in [-0.05, 0) is 6.92 Å². The molecule has 72 valence electrons. The summed E-state index contributed by atoms with van der Waals surface area (Å²) in [6.45, 7) is 2.30. The van der Waals surface area contributed by atoms with Crippen molar-refractivity contribution >= 4 is 11.9 Å². The van der Waals surface area contributed by atoms with E-state index in [4.69, 9.17) is 5.11 Å². The van der Waals surface area contributed by atoms with E-state index in [0.717, 1.165) is 6.54 Å². The lowest BCUT2D eigenvalue weighted by Gasteiger charge is -2.05. The van der Waals surface area contributed by atoms with Crippen LogP contribution < -0.4 is 5.48 Å². The average Bonchev–Trinajstić information content (AvgIpc) is 2.51. The van der Waals surface area contributed by atoms with Crippen molar-refractivity contribution < 1.29 is 14.7 Å². The first kappa shape index (κ1) is 9.53. The summed E-state index contributed by atoms with van der Waals surface area (Å²) >= 11 is 0. The minimum absolute atomic E-state index is 0.392. The van der Waals surface area contributed by atoms with Gasteiger partial charge in [0.25, 0.3) is 0 Å². The molecular weight excluding hydrogens is 174 g/mol. The van der Waals surface area contributed by atoms with Gasteiger partial charge in [0.2, 0.25) is 5.95 Å². The number of carboxylic acids is 1. The normalized spacial score (nSPS) is 9.92. The van der Waals surface area contributed by atoms with Gasteiger partial charge < -0.3 is 9.67 Å². The smallest absolute Gasteiger partial charge is 0.332 e. The van der Waals surface area contributed by atoms with Crippen LogP contribution in [-0.2, 0) is 16.2 Å². The summed E-state index contributed by atoms with van der Waals surface area (Å²) in [6, 6.07) is 0. The fourth-order valence-corrected chi connectivity index (χ4v) is 0.832. The lowest BCUT2D eigenvalue weighted by molar-refractivity contribution is -0.141. The van der Waals surface area contributed by atoms with Crippen LogP contribution in [-0.4, -0.2) is 27.2 Å². The highest BCUT2D eigenvalue weighted by Crippen LogP contribution is 2.02. The Balaban J connectivity index is 2.40. The quantitative estimate of drug-likeness (QED) is 0.646. The second-order valence-corrected chi connectivity index (χ2v) is 2.32. The number of rotatable bonds is 5. The molecule has 2 N–H and O–H groups in total. The summed E-state index contributed by atoms with van der Waals surface area (Å²) < 4.78 is 1.79. The molecule has 0 saturated carbocycles. The fraction of sp³-hybridized carbons (Fsp3) is 0.429. The molecule has 0 aliphatic carbocycles. The molecule has 0 unspecified atom stereocenters. The molecule has 0 aliphatic heterocycles. The van der Waals surface area contributed by atoms with Crippen LogP contribution in [0, 0.1) is 0 Å². The lowest BCUT2D eigenvalue weighted by atomic mass is 10.7. The number of aryl methyl sites for hydroxylation is 1. The van der Waals surface area contributed by atoms with E-state index in [1.165, 1.54) is 0 Å². The molecule has 0 atom stereocenters. The molecular formula is C7H11N3O3. The van der Waals surface area contributed by atoms with Crippen molar-refractivity contribution in [2.75, 3.05) is 12.1 Å². The molecule has 6 nitrogen and oxygen atoms in total. The van der Waals surface area contributed by atoms with Gasteiger partial charge in [-0.25, -0.2) is 15.3 Å². The van der Waals surface area contributed by atoms with Crippen LogP contribution in [0.4, 0.5) is 5.95 Å². The molecule has 1 aromatic rings. The van der Waals surface area contributed by atoms with Gasteiger partial charge in [0, 0.05) is 18.9 Å². The van der Waals surface area contributed by atoms with Gasteiger partial charge in [-0.2, -0.15) is 0 Å². The topological polar surface area (TPSA) is 76.4 Å². The molecule has 1 rings (SSSR count). The number of aliphatic carboxylic acids is 1. The lowest BCUT2D eigenvalue weighted by Crippen LogP contribution is -2.13. The average molecular weight is 185 g/mol. The van der Waals surface area contributed by atoms with Crippen molar-refractivity contribution in [1.82, 2.24) is 9.55 Å². The van der Waals surface area contributed by atoms with Gasteiger partial charge in [0.05, 0.1) is 0 Å². The minimum Gasteiger partial charge on any atom is -0.479 e. The summed E-state index contributed by atoms with van der Waals surface area (Å²) in [4.78, 5) is 18.7. The van der Waals surface area contributed by atoms with Crippen LogP contribution >= 0.6 is 0 Å². The van der Waals surface area contributed by atoms with Crippen LogP contribution in [0.2, 0.25) is 0 Å². The third-order valence-corrected chi connectivity index (χ3v) is 1.42. The van der Waals surface area contributed by atoms with Crippen molar-refractivity contribution in [2.24, 2.45) is 0 Å². The maximum Gasteiger partial charge on any atom is 0.332 e. The number of aromatic nitrogens is 2. The Kier molecular flexibility index (Phi) is 3.27. The molecule has 6 heteroatoms. The van der Waals surface area contributed by atoms with E-state index in [1.807, 2.05) is 6.92 Å². The zero-order chi connectivity index (χ0) is 9.68. The third-order valence-electron chi connectivity index (χ3n) is 1.42. The van der Waals surface area contributed by atoms with Gasteiger partial charge >= 0.3 is 5.97 Å². The molecule has 1 heterocycles. The van der Waals surface area contributed by atoms with E-state index in [1.54, 1.807) is 17.0 Å². The maximum absolute atomic E-state index is 10.1. The summed E-state index contributed by atoms with van der Waals surface area (Å²) in [5.41, 5.74) is 2.45. The second kappa shape index (κ2) is 4.46. The monoisotopic (exact) mass is 185 g/mol. The molecule has 0 radical (unpaired) electrons. The Morgan fingerprint density at radius 1 is 1.85 bits per heavy atom. The molecule has 0 aromatic carbocycles. The Labute approximate surface area is 75.1 Å². The van der Waals surface area contributed by atoms with E-state index in [9.17, 15) is 4.79 Å². The van der Waals surface area contributed by atoms with E-state index >= 15 is 0 Å². The van der Waals surface area contributed by atoms with Gasteiger partial charge in [-0.15, -0.1) is 0 Å². The zero-order valence-electron chi connectivity index (χ0n) is 7.23. The van der Waals surface area contributed by atoms with Gasteiger partial charge in [-0.3, -0.25) is 4.84 Å².